The highest BCUT2D eigenvalue weighted by Crippen LogP contribution is 2.38. The molecule has 4 rings (SSSR count). The molecule has 0 nitrogen and oxygen atoms in total. The number of hydrogen-bond donors (Lipinski definition) is 0. The number of halogens is 1. The third-order valence-electron chi connectivity index (χ3n) is 7.63. The second kappa shape index (κ2) is 12.2. The summed E-state index contributed by atoms with van der Waals surface area (Å²) in [6, 6.07) is 18.6. The van der Waals surface area contributed by atoms with E-state index in [4.69, 9.17) is 0 Å². The average Bonchev–Trinajstić information content (AvgIpc) is 2.88. The molecule has 178 valence electrons. The molecule has 0 unspecified atom stereocenters. The van der Waals surface area contributed by atoms with Gasteiger partial charge in [0.2, 0.25) is 0 Å². The van der Waals surface area contributed by atoms with Crippen molar-refractivity contribution in [3.63, 3.8) is 0 Å². The van der Waals surface area contributed by atoms with Crippen molar-refractivity contribution in [1.82, 2.24) is 0 Å². The van der Waals surface area contributed by atoms with Crippen molar-refractivity contribution in [3.8, 4) is 11.8 Å². The molecule has 1 fully saturated rings. The van der Waals surface area contributed by atoms with E-state index < -0.39 is 0 Å². The van der Waals surface area contributed by atoms with Gasteiger partial charge < -0.3 is 0 Å². The SMILES string of the molecule is CCCCCc1ccc(C#Cc2ccc3cc(C4CCC(CCCC)CC4)ccc3c2F)cc1. The van der Waals surface area contributed by atoms with Gasteiger partial charge >= 0.3 is 0 Å². The van der Waals surface area contributed by atoms with Crippen LogP contribution in [0.3, 0.4) is 0 Å². The Morgan fingerprint density at radius 1 is 0.794 bits per heavy atom. The fraction of sp³-hybridized carbons (Fsp3) is 0.455. The number of benzene rings is 3. The highest BCUT2D eigenvalue weighted by molar-refractivity contribution is 5.85. The van der Waals surface area contributed by atoms with E-state index in [0.29, 0.717) is 16.9 Å². The van der Waals surface area contributed by atoms with Gasteiger partial charge in [-0.15, -0.1) is 0 Å². The van der Waals surface area contributed by atoms with Crippen LogP contribution in [0.2, 0.25) is 0 Å². The van der Waals surface area contributed by atoms with Crippen LogP contribution in [-0.4, -0.2) is 0 Å². The molecule has 34 heavy (non-hydrogen) atoms. The average molecular weight is 455 g/mol. The number of fused-ring (bicyclic) bond motifs is 1. The lowest BCUT2D eigenvalue weighted by Gasteiger charge is -2.29. The van der Waals surface area contributed by atoms with E-state index in [2.05, 4.69) is 62.1 Å². The standard InChI is InChI=1S/C33H39F/c1-3-5-7-9-26-10-12-27(13-11-26)16-19-29-20-21-31-24-30(22-23-32(31)33(29)34)28-17-14-25(15-18-28)8-6-4-2/h10-13,20-25,28H,3-9,14-15,17-18H2,1-2H3. The first kappa shape index (κ1) is 24.5. The Morgan fingerprint density at radius 3 is 2.29 bits per heavy atom. The van der Waals surface area contributed by atoms with E-state index in [1.165, 1.54) is 75.3 Å². The summed E-state index contributed by atoms with van der Waals surface area (Å²) in [4.78, 5) is 0. The summed E-state index contributed by atoms with van der Waals surface area (Å²) in [7, 11) is 0. The minimum Gasteiger partial charge on any atom is -0.205 e. The molecule has 0 aromatic heterocycles. The van der Waals surface area contributed by atoms with Gasteiger partial charge in [-0.05, 0) is 85.1 Å². The largest absolute Gasteiger partial charge is 0.205 e. The molecule has 0 atom stereocenters. The fourth-order valence-electron chi connectivity index (χ4n) is 5.41. The van der Waals surface area contributed by atoms with Gasteiger partial charge in [0.05, 0.1) is 5.56 Å². The van der Waals surface area contributed by atoms with Crippen LogP contribution in [-0.2, 0) is 6.42 Å². The van der Waals surface area contributed by atoms with Crippen LogP contribution >= 0.6 is 0 Å². The normalized spacial score (nSPS) is 18.0. The summed E-state index contributed by atoms with van der Waals surface area (Å²) >= 11 is 0. The summed E-state index contributed by atoms with van der Waals surface area (Å²) in [6.07, 6.45) is 14.1. The molecule has 0 N–H and O–H groups in total. The van der Waals surface area contributed by atoms with Gasteiger partial charge in [0.1, 0.15) is 5.82 Å². The fourth-order valence-corrected chi connectivity index (χ4v) is 5.41. The quantitative estimate of drug-likeness (QED) is 0.235. The second-order valence-electron chi connectivity index (χ2n) is 10.2. The minimum atomic E-state index is -0.198. The first-order valence-corrected chi connectivity index (χ1v) is 13.5. The van der Waals surface area contributed by atoms with Crippen LogP contribution in [0.4, 0.5) is 4.39 Å². The molecule has 0 aliphatic heterocycles. The van der Waals surface area contributed by atoms with E-state index in [1.54, 1.807) is 0 Å². The zero-order valence-corrected chi connectivity index (χ0v) is 21.0. The van der Waals surface area contributed by atoms with Crippen LogP contribution in [0, 0.1) is 23.6 Å². The van der Waals surface area contributed by atoms with Gasteiger partial charge in [-0.3, -0.25) is 0 Å². The van der Waals surface area contributed by atoms with E-state index in [0.717, 1.165) is 23.3 Å². The van der Waals surface area contributed by atoms with E-state index >= 15 is 4.39 Å². The summed E-state index contributed by atoms with van der Waals surface area (Å²) in [5.74, 6) is 7.55. The van der Waals surface area contributed by atoms with Gasteiger partial charge in [0.25, 0.3) is 0 Å². The lowest BCUT2D eigenvalue weighted by molar-refractivity contribution is 0.304. The predicted molar refractivity (Wildman–Crippen MR) is 144 cm³/mol. The van der Waals surface area contributed by atoms with Gasteiger partial charge in [-0.1, -0.05) is 94.2 Å². The van der Waals surface area contributed by atoms with Crippen molar-refractivity contribution in [2.24, 2.45) is 5.92 Å². The Kier molecular flexibility index (Phi) is 8.81. The summed E-state index contributed by atoms with van der Waals surface area (Å²) in [6.45, 7) is 4.51. The second-order valence-corrected chi connectivity index (χ2v) is 10.2. The molecule has 1 aliphatic rings. The first-order chi connectivity index (χ1) is 16.7. The maximum atomic E-state index is 15.2. The summed E-state index contributed by atoms with van der Waals surface area (Å²) in [5, 5.41) is 1.67. The zero-order chi connectivity index (χ0) is 23.8. The maximum Gasteiger partial charge on any atom is 0.146 e. The van der Waals surface area contributed by atoms with Crippen molar-refractivity contribution in [3.05, 3.63) is 82.7 Å². The lowest BCUT2D eigenvalue weighted by Crippen LogP contribution is -2.13. The molecule has 3 aromatic carbocycles. The van der Waals surface area contributed by atoms with Crippen molar-refractivity contribution in [2.45, 2.75) is 90.4 Å². The maximum absolute atomic E-state index is 15.2. The van der Waals surface area contributed by atoms with E-state index in [1.807, 2.05) is 18.2 Å². The highest BCUT2D eigenvalue weighted by Gasteiger charge is 2.22. The zero-order valence-electron chi connectivity index (χ0n) is 21.0. The topological polar surface area (TPSA) is 0 Å². The van der Waals surface area contributed by atoms with Crippen molar-refractivity contribution < 1.29 is 4.39 Å². The molecule has 0 radical (unpaired) electrons. The molecule has 1 saturated carbocycles. The Bertz CT molecular complexity index is 1120. The molecule has 0 bridgehead atoms. The van der Waals surface area contributed by atoms with Crippen LogP contribution in [0.5, 0.6) is 0 Å². The number of unbranched alkanes of at least 4 members (excludes halogenated alkanes) is 3. The van der Waals surface area contributed by atoms with E-state index in [9.17, 15) is 0 Å². The van der Waals surface area contributed by atoms with Gasteiger partial charge in [-0.2, -0.15) is 0 Å². The van der Waals surface area contributed by atoms with Crippen molar-refractivity contribution >= 4 is 10.8 Å². The Hall–Kier alpha value is -2.59. The molecule has 1 heteroatoms. The van der Waals surface area contributed by atoms with Crippen molar-refractivity contribution in [2.75, 3.05) is 0 Å². The number of aryl methyl sites for hydroxylation is 1. The summed E-state index contributed by atoms with van der Waals surface area (Å²) in [5.41, 5.74) is 4.13. The Balaban J connectivity index is 1.44. The van der Waals surface area contributed by atoms with Crippen LogP contribution in [0.1, 0.15) is 106 Å². The van der Waals surface area contributed by atoms with Crippen LogP contribution < -0.4 is 0 Å². The third kappa shape index (κ3) is 6.29. The molecule has 0 heterocycles. The van der Waals surface area contributed by atoms with Gasteiger partial charge in [0, 0.05) is 10.9 Å². The Morgan fingerprint density at radius 2 is 1.56 bits per heavy atom. The Labute approximate surface area is 206 Å². The number of hydrogen-bond acceptors (Lipinski definition) is 0. The lowest BCUT2D eigenvalue weighted by atomic mass is 9.77. The highest BCUT2D eigenvalue weighted by atomic mass is 19.1. The number of rotatable bonds is 8. The minimum absolute atomic E-state index is 0.198. The monoisotopic (exact) mass is 454 g/mol. The molecule has 1 aliphatic carbocycles. The third-order valence-corrected chi connectivity index (χ3v) is 7.63. The predicted octanol–water partition coefficient (Wildman–Crippen LogP) is 9.58. The molecule has 0 spiro atoms. The molecule has 3 aromatic rings. The van der Waals surface area contributed by atoms with Gasteiger partial charge in [0.15, 0.2) is 0 Å². The van der Waals surface area contributed by atoms with Crippen LogP contribution in [0.15, 0.2) is 54.6 Å². The molecular weight excluding hydrogens is 415 g/mol. The van der Waals surface area contributed by atoms with Gasteiger partial charge in [-0.25, -0.2) is 4.39 Å². The van der Waals surface area contributed by atoms with Crippen molar-refractivity contribution in [1.29, 1.82) is 0 Å². The molecular formula is C33H39F. The van der Waals surface area contributed by atoms with Crippen LogP contribution in [0.25, 0.3) is 10.8 Å². The molecule has 0 amide bonds. The smallest absolute Gasteiger partial charge is 0.146 e. The molecule has 0 saturated heterocycles. The first-order valence-electron chi connectivity index (χ1n) is 13.5. The summed E-state index contributed by atoms with van der Waals surface area (Å²) < 4.78 is 15.2. The van der Waals surface area contributed by atoms with E-state index in [-0.39, 0.29) is 5.82 Å².